The predicted molar refractivity (Wildman–Crippen MR) is 101 cm³/mol. The van der Waals surface area contributed by atoms with E-state index in [9.17, 15) is 0 Å². The molecule has 0 saturated carbocycles. The number of hydrogen-bond donors (Lipinski definition) is 1. The molecule has 2 heteroatoms. The topological polar surface area (TPSA) is 26.0 Å². The molecule has 0 radical (unpaired) electrons. The summed E-state index contributed by atoms with van der Waals surface area (Å²) in [5.41, 5.74) is 13.9. The first-order chi connectivity index (χ1) is 10.4. The standard InChI is InChI=1S/C20H25NS/c1-6-16-12-18(19-9-10-20(21)22-19)15(5)11-17(16)14(4)8-7-13(2)3/h7-12H,6,21H2,1-5H3/b14-8+. The summed E-state index contributed by atoms with van der Waals surface area (Å²) < 4.78 is 0. The molecule has 116 valence electrons. The molecule has 2 aromatic rings. The first kappa shape index (κ1) is 16.6. The Morgan fingerprint density at radius 1 is 1.14 bits per heavy atom. The van der Waals surface area contributed by atoms with E-state index >= 15 is 0 Å². The second-order valence-corrected chi connectivity index (χ2v) is 7.09. The lowest BCUT2D eigenvalue weighted by Gasteiger charge is -2.13. The van der Waals surface area contributed by atoms with Gasteiger partial charge in [0.1, 0.15) is 0 Å². The Kier molecular flexibility index (Phi) is 5.25. The van der Waals surface area contributed by atoms with Gasteiger partial charge in [-0.25, -0.2) is 0 Å². The largest absolute Gasteiger partial charge is 0.391 e. The first-order valence-corrected chi connectivity index (χ1v) is 8.55. The van der Waals surface area contributed by atoms with Crippen LogP contribution in [0.2, 0.25) is 0 Å². The van der Waals surface area contributed by atoms with Crippen molar-refractivity contribution in [2.24, 2.45) is 0 Å². The van der Waals surface area contributed by atoms with Crippen LogP contribution in [0.3, 0.4) is 0 Å². The fraction of sp³-hybridized carbons (Fsp3) is 0.300. The fourth-order valence-corrected chi connectivity index (χ4v) is 3.41. The number of nitrogen functional groups attached to an aromatic ring is 1. The maximum absolute atomic E-state index is 5.89. The average molecular weight is 311 g/mol. The van der Waals surface area contributed by atoms with Crippen molar-refractivity contribution in [3.63, 3.8) is 0 Å². The number of hydrogen-bond acceptors (Lipinski definition) is 2. The zero-order chi connectivity index (χ0) is 16.3. The Bertz CT molecular complexity index is 728. The Labute approximate surface area is 138 Å². The summed E-state index contributed by atoms with van der Waals surface area (Å²) in [6, 6.07) is 8.75. The maximum atomic E-state index is 5.89. The fourth-order valence-electron chi connectivity index (χ4n) is 2.56. The van der Waals surface area contributed by atoms with E-state index in [2.05, 4.69) is 65.0 Å². The van der Waals surface area contributed by atoms with Gasteiger partial charge in [0.15, 0.2) is 0 Å². The van der Waals surface area contributed by atoms with Crippen LogP contribution >= 0.6 is 11.3 Å². The SMILES string of the molecule is CCc1cc(-c2ccc(N)s2)c(C)cc1/C(C)=C/C=C(C)C. The maximum Gasteiger partial charge on any atom is 0.0862 e. The van der Waals surface area contributed by atoms with Crippen LogP contribution < -0.4 is 5.73 Å². The van der Waals surface area contributed by atoms with Crippen molar-refractivity contribution >= 4 is 21.9 Å². The van der Waals surface area contributed by atoms with Gasteiger partial charge in [-0.05, 0) is 80.1 Å². The number of thiophene rings is 1. The van der Waals surface area contributed by atoms with E-state index in [0.29, 0.717) is 0 Å². The summed E-state index contributed by atoms with van der Waals surface area (Å²) in [6.45, 7) is 10.8. The molecular weight excluding hydrogens is 286 g/mol. The highest BCUT2D eigenvalue weighted by Crippen LogP contribution is 2.35. The van der Waals surface area contributed by atoms with Crippen molar-refractivity contribution in [2.45, 2.75) is 41.0 Å². The number of anilines is 1. The number of allylic oxidation sites excluding steroid dienone is 4. The average Bonchev–Trinajstić information content (AvgIpc) is 2.90. The molecule has 0 bridgehead atoms. The Morgan fingerprint density at radius 3 is 2.41 bits per heavy atom. The Morgan fingerprint density at radius 2 is 1.86 bits per heavy atom. The molecule has 1 heterocycles. The highest BCUT2D eigenvalue weighted by atomic mass is 32.1. The molecule has 0 aliphatic rings. The number of rotatable bonds is 4. The zero-order valence-corrected chi connectivity index (χ0v) is 15.0. The van der Waals surface area contributed by atoms with Crippen molar-refractivity contribution in [1.82, 2.24) is 0 Å². The van der Waals surface area contributed by atoms with Crippen LogP contribution in [0.4, 0.5) is 5.00 Å². The van der Waals surface area contributed by atoms with E-state index in [1.807, 2.05) is 6.07 Å². The van der Waals surface area contributed by atoms with Crippen LogP contribution in [0.15, 0.2) is 42.0 Å². The molecule has 0 amide bonds. The molecule has 0 spiro atoms. The minimum absolute atomic E-state index is 0.871. The van der Waals surface area contributed by atoms with Gasteiger partial charge in [-0.3, -0.25) is 0 Å². The van der Waals surface area contributed by atoms with E-state index < -0.39 is 0 Å². The lowest BCUT2D eigenvalue weighted by atomic mass is 9.92. The van der Waals surface area contributed by atoms with E-state index in [4.69, 9.17) is 5.73 Å². The number of aryl methyl sites for hydroxylation is 2. The summed E-state index contributed by atoms with van der Waals surface area (Å²) in [5, 5.41) is 0.871. The number of nitrogens with two attached hydrogens (primary N) is 1. The molecule has 2 N–H and O–H groups in total. The van der Waals surface area contributed by atoms with E-state index in [-0.39, 0.29) is 0 Å². The molecule has 0 fully saturated rings. The van der Waals surface area contributed by atoms with Gasteiger partial charge in [0, 0.05) is 4.88 Å². The van der Waals surface area contributed by atoms with Crippen molar-refractivity contribution in [2.75, 3.05) is 5.73 Å². The molecule has 1 aromatic carbocycles. The van der Waals surface area contributed by atoms with Gasteiger partial charge in [0.25, 0.3) is 0 Å². The molecule has 1 aromatic heterocycles. The smallest absolute Gasteiger partial charge is 0.0862 e. The van der Waals surface area contributed by atoms with Crippen LogP contribution in [0.25, 0.3) is 16.0 Å². The van der Waals surface area contributed by atoms with Crippen LogP contribution in [0.5, 0.6) is 0 Å². The van der Waals surface area contributed by atoms with Gasteiger partial charge in [0.05, 0.1) is 5.00 Å². The Balaban J connectivity index is 2.52. The molecule has 1 nitrogen and oxygen atoms in total. The van der Waals surface area contributed by atoms with Gasteiger partial charge < -0.3 is 5.73 Å². The van der Waals surface area contributed by atoms with Gasteiger partial charge in [-0.2, -0.15) is 0 Å². The molecule has 0 atom stereocenters. The van der Waals surface area contributed by atoms with Crippen LogP contribution in [-0.4, -0.2) is 0 Å². The first-order valence-electron chi connectivity index (χ1n) is 7.73. The van der Waals surface area contributed by atoms with E-state index in [0.717, 1.165) is 11.4 Å². The summed E-state index contributed by atoms with van der Waals surface area (Å²) in [6.07, 6.45) is 5.42. The number of benzene rings is 1. The lowest BCUT2D eigenvalue weighted by Crippen LogP contribution is -1.94. The third kappa shape index (κ3) is 3.69. The van der Waals surface area contributed by atoms with Crippen molar-refractivity contribution in [1.29, 1.82) is 0 Å². The lowest BCUT2D eigenvalue weighted by molar-refractivity contribution is 1.12. The molecular formula is C20H25NS. The molecule has 0 aliphatic heterocycles. The van der Waals surface area contributed by atoms with Crippen LogP contribution in [-0.2, 0) is 6.42 Å². The van der Waals surface area contributed by atoms with Crippen LogP contribution in [0, 0.1) is 6.92 Å². The van der Waals surface area contributed by atoms with Gasteiger partial charge in [0.2, 0.25) is 0 Å². The third-order valence-corrected chi connectivity index (χ3v) is 4.76. The predicted octanol–water partition coefficient (Wildman–Crippen LogP) is 6.24. The second-order valence-electron chi connectivity index (χ2n) is 5.97. The summed E-state index contributed by atoms with van der Waals surface area (Å²) >= 11 is 1.66. The van der Waals surface area contributed by atoms with Crippen molar-refractivity contribution in [3.8, 4) is 10.4 Å². The third-order valence-electron chi connectivity index (χ3n) is 3.81. The van der Waals surface area contributed by atoms with E-state index in [1.54, 1.807) is 11.3 Å². The highest BCUT2D eigenvalue weighted by Gasteiger charge is 2.10. The minimum Gasteiger partial charge on any atom is -0.391 e. The van der Waals surface area contributed by atoms with Crippen LogP contribution in [0.1, 0.15) is 44.4 Å². The summed E-state index contributed by atoms with van der Waals surface area (Å²) in [4.78, 5) is 1.25. The monoisotopic (exact) mass is 311 g/mol. The quantitative estimate of drug-likeness (QED) is 0.665. The van der Waals surface area contributed by atoms with Crippen molar-refractivity contribution < 1.29 is 0 Å². The molecule has 22 heavy (non-hydrogen) atoms. The normalized spacial score (nSPS) is 11.6. The molecule has 0 saturated heterocycles. The second kappa shape index (κ2) is 6.97. The summed E-state index contributed by atoms with van der Waals surface area (Å²) in [5.74, 6) is 0. The molecule has 2 rings (SSSR count). The minimum atomic E-state index is 0.871. The summed E-state index contributed by atoms with van der Waals surface area (Å²) in [7, 11) is 0. The van der Waals surface area contributed by atoms with Crippen molar-refractivity contribution in [3.05, 3.63) is 58.7 Å². The molecule has 0 aliphatic carbocycles. The Hall–Kier alpha value is -1.80. The highest BCUT2D eigenvalue weighted by molar-refractivity contribution is 7.19. The van der Waals surface area contributed by atoms with E-state index in [1.165, 1.54) is 38.3 Å². The van der Waals surface area contributed by atoms with Gasteiger partial charge >= 0.3 is 0 Å². The van der Waals surface area contributed by atoms with Gasteiger partial charge in [-0.15, -0.1) is 11.3 Å². The molecule has 0 unspecified atom stereocenters. The van der Waals surface area contributed by atoms with Gasteiger partial charge in [-0.1, -0.05) is 30.7 Å². The zero-order valence-electron chi connectivity index (χ0n) is 14.2.